The molecule has 24 heavy (non-hydrogen) atoms. The summed E-state index contributed by atoms with van der Waals surface area (Å²) >= 11 is 0. The van der Waals surface area contributed by atoms with Crippen LogP contribution < -0.4 is 10.6 Å². The molecule has 0 rings (SSSR count). The van der Waals surface area contributed by atoms with Gasteiger partial charge in [-0.3, -0.25) is 4.79 Å². The first-order chi connectivity index (χ1) is 11.4. The summed E-state index contributed by atoms with van der Waals surface area (Å²) in [7, 11) is 0. The normalized spacial score (nSPS) is 10.7. The van der Waals surface area contributed by atoms with Gasteiger partial charge in [-0.25, -0.2) is 9.59 Å². The number of carbonyl (C=O) groups excluding carboxylic acids is 3. The summed E-state index contributed by atoms with van der Waals surface area (Å²) in [5, 5.41) is 4.99. The highest BCUT2D eigenvalue weighted by Gasteiger charge is 2.06. The van der Waals surface area contributed by atoms with Crippen molar-refractivity contribution in [3.63, 3.8) is 0 Å². The zero-order valence-electron chi connectivity index (χ0n) is 15.5. The largest absolute Gasteiger partial charge is 0.450 e. The van der Waals surface area contributed by atoms with Crippen molar-refractivity contribution in [1.29, 1.82) is 0 Å². The molecule has 0 saturated heterocycles. The second-order valence-electron chi connectivity index (χ2n) is 4.83. The van der Waals surface area contributed by atoms with E-state index in [1.165, 1.54) is 0 Å². The molecule has 8 heteroatoms. The van der Waals surface area contributed by atoms with Gasteiger partial charge >= 0.3 is 12.2 Å². The Morgan fingerprint density at radius 2 is 1.42 bits per heavy atom. The van der Waals surface area contributed by atoms with Crippen LogP contribution in [0.1, 0.15) is 41.0 Å². The van der Waals surface area contributed by atoms with Gasteiger partial charge < -0.3 is 24.8 Å². The van der Waals surface area contributed by atoms with Crippen LogP contribution in [0.25, 0.3) is 0 Å². The molecule has 0 aliphatic heterocycles. The second-order valence-corrected chi connectivity index (χ2v) is 4.83. The average molecular weight is 348 g/mol. The van der Waals surface area contributed by atoms with Gasteiger partial charge in [0.25, 0.3) is 0 Å². The predicted molar refractivity (Wildman–Crippen MR) is 91.0 cm³/mol. The number of ether oxygens (including phenoxy) is 3. The maximum Gasteiger partial charge on any atom is 0.407 e. The van der Waals surface area contributed by atoms with Gasteiger partial charge in [-0.2, -0.15) is 0 Å². The summed E-state index contributed by atoms with van der Waals surface area (Å²) in [6.45, 7) is 11.6. The molecule has 0 radical (unpaired) electrons. The van der Waals surface area contributed by atoms with Gasteiger partial charge in [0.05, 0.1) is 13.2 Å². The number of alkyl carbamates (subject to hydrolysis) is 2. The molecule has 8 nitrogen and oxygen atoms in total. The maximum atomic E-state index is 10.9. The molecular weight excluding hydrogens is 316 g/mol. The molecule has 1 atom stereocenters. The molecule has 1 unspecified atom stereocenters. The first-order valence-electron chi connectivity index (χ1n) is 8.28. The number of hydrogen-bond acceptors (Lipinski definition) is 6. The minimum absolute atomic E-state index is 0.0318. The third-order valence-corrected chi connectivity index (χ3v) is 2.77. The number of amides is 2. The first-order valence-corrected chi connectivity index (χ1v) is 8.28. The van der Waals surface area contributed by atoms with Gasteiger partial charge in [0.2, 0.25) is 0 Å². The number of carbonyl (C=O) groups is 3. The van der Waals surface area contributed by atoms with Gasteiger partial charge in [0.15, 0.2) is 0 Å². The Bertz CT molecular complexity index is 341. The number of ketones is 1. The standard InChI is InChI=1S/C11H21NO4.C5H11NO2/c1-4-12-11(14)16-8-7-15-6-5-9(2)10(3)13;1-3-6-5(7)8-4-2/h9H,4-8H2,1-3H3,(H,12,14);3-4H2,1-2H3,(H,6,7). The average Bonchev–Trinajstić information content (AvgIpc) is 2.51. The van der Waals surface area contributed by atoms with E-state index in [2.05, 4.69) is 15.4 Å². The van der Waals surface area contributed by atoms with Gasteiger partial charge in [-0.1, -0.05) is 6.92 Å². The minimum atomic E-state index is -0.428. The molecule has 2 amide bonds. The Balaban J connectivity index is 0. The molecule has 0 aliphatic carbocycles. The Morgan fingerprint density at radius 1 is 0.875 bits per heavy atom. The highest BCUT2D eigenvalue weighted by molar-refractivity contribution is 5.77. The van der Waals surface area contributed by atoms with E-state index in [1.807, 2.05) is 20.8 Å². The third kappa shape index (κ3) is 18.2. The lowest BCUT2D eigenvalue weighted by Crippen LogP contribution is -2.25. The maximum absolute atomic E-state index is 10.9. The monoisotopic (exact) mass is 348 g/mol. The number of rotatable bonds is 10. The first kappa shape index (κ1) is 24.4. The van der Waals surface area contributed by atoms with E-state index in [4.69, 9.17) is 9.47 Å². The summed E-state index contributed by atoms with van der Waals surface area (Å²) in [4.78, 5) is 32.0. The molecule has 0 aromatic rings. The lowest BCUT2D eigenvalue weighted by atomic mass is 10.1. The summed E-state index contributed by atoms with van der Waals surface area (Å²) < 4.78 is 14.6. The molecule has 0 bridgehead atoms. The van der Waals surface area contributed by atoms with Crippen LogP contribution in [0.15, 0.2) is 0 Å². The van der Waals surface area contributed by atoms with Crippen LogP contribution in [0.2, 0.25) is 0 Å². The minimum Gasteiger partial charge on any atom is -0.450 e. The molecule has 0 heterocycles. The quantitative estimate of drug-likeness (QED) is 0.586. The summed E-state index contributed by atoms with van der Waals surface area (Å²) in [6.07, 6.45) is -0.0607. The highest BCUT2D eigenvalue weighted by Crippen LogP contribution is 2.02. The summed E-state index contributed by atoms with van der Waals surface area (Å²) in [6, 6.07) is 0. The highest BCUT2D eigenvalue weighted by atomic mass is 16.6. The SMILES string of the molecule is CCNC(=O)OCC.CCNC(=O)OCCOCCC(C)C(C)=O. The van der Waals surface area contributed by atoms with Crippen LogP contribution in [-0.2, 0) is 19.0 Å². The van der Waals surface area contributed by atoms with E-state index in [1.54, 1.807) is 13.8 Å². The van der Waals surface area contributed by atoms with E-state index < -0.39 is 6.09 Å². The van der Waals surface area contributed by atoms with Crippen molar-refractivity contribution in [2.45, 2.75) is 41.0 Å². The fourth-order valence-electron chi connectivity index (χ4n) is 1.28. The van der Waals surface area contributed by atoms with E-state index in [0.29, 0.717) is 39.3 Å². The van der Waals surface area contributed by atoms with Crippen molar-refractivity contribution in [3.05, 3.63) is 0 Å². The molecule has 0 aromatic carbocycles. The number of Topliss-reactive ketones (excluding diaryl/α,β-unsaturated/α-hetero) is 1. The molecule has 0 aliphatic rings. The van der Waals surface area contributed by atoms with E-state index in [9.17, 15) is 14.4 Å². The van der Waals surface area contributed by atoms with Crippen LogP contribution in [0.3, 0.4) is 0 Å². The third-order valence-electron chi connectivity index (χ3n) is 2.77. The van der Waals surface area contributed by atoms with Gasteiger partial charge in [-0.15, -0.1) is 0 Å². The number of nitrogens with one attached hydrogen (secondary N) is 2. The molecule has 142 valence electrons. The lowest BCUT2D eigenvalue weighted by molar-refractivity contribution is -0.120. The second kappa shape index (κ2) is 17.5. The van der Waals surface area contributed by atoms with E-state index in [0.717, 1.165) is 0 Å². The van der Waals surface area contributed by atoms with Gasteiger partial charge in [-0.05, 0) is 34.1 Å². The van der Waals surface area contributed by atoms with Crippen LogP contribution in [0.4, 0.5) is 9.59 Å². The molecule has 2 N–H and O–H groups in total. The smallest absolute Gasteiger partial charge is 0.407 e. The zero-order valence-corrected chi connectivity index (χ0v) is 15.5. The summed E-state index contributed by atoms with van der Waals surface area (Å²) in [5.74, 6) is 0.200. The molecule has 0 spiro atoms. The van der Waals surface area contributed by atoms with Crippen molar-refractivity contribution in [1.82, 2.24) is 10.6 Å². The van der Waals surface area contributed by atoms with Crippen LogP contribution in [0.5, 0.6) is 0 Å². The Labute approximate surface area is 144 Å². The van der Waals surface area contributed by atoms with Crippen LogP contribution >= 0.6 is 0 Å². The fourth-order valence-corrected chi connectivity index (χ4v) is 1.28. The molecule has 0 aromatic heterocycles. The summed E-state index contributed by atoms with van der Waals surface area (Å²) in [5.41, 5.74) is 0. The fraction of sp³-hybridized carbons (Fsp3) is 0.812. The van der Waals surface area contributed by atoms with E-state index in [-0.39, 0.29) is 24.4 Å². The van der Waals surface area contributed by atoms with Crippen molar-refractivity contribution in [2.24, 2.45) is 5.92 Å². The predicted octanol–water partition coefficient (Wildman–Crippen LogP) is 2.12. The Hall–Kier alpha value is -1.83. The van der Waals surface area contributed by atoms with Crippen LogP contribution in [0, 0.1) is 5.92 Å². The van der Waals surface area contributed by atoms with E-state index >= 15 is 0 Å². The van der Waals surface area contributed by atoms with Crippen molar-refractivity contribution in [3.8, 4) is 0 Å². The molecular formula is C16H32N2O6. The van der Waals surface area contributed by atoms with Crippen LogP contribution in [-0.4, -0.2) is 57.5 Å². The van der Waals surface area contributed by atoms with Gasteiger partial charge in [0, 0.05) is 25.6 Å². The van der Waals surface area contributed by atoms with Gasteiger partial charge in [0.1, 0.15) is 12.4 Å². The Morgan fingerprint density at radius 3 is 1.88 bits per heavy atom. The number of hydrogen-bond donors (Lipinski definition) is 2. The topological polar surface area (TPSA) is 103 Å². The lowest BCUT2D eigenvalue weighted by Gasteiger charge is -2.08. The van der Waals surface area contributed by atoms with Crippen molar-refractivity contribution < 1.29 is 28.6 Å². The molecule has 0 fully saturated rings. The molecule has 0 saturated carbocycles. The Kier molecular flexibility index (Phi) is 17.8. The van der Waals surface area contributed by atoms with Crippen molar-refractivity contribution >= 4 is 18.0 Å². The van der Waals surface area contributed by atoms with Crippen molar-refractivity contribution in [2.75, 3.05) is 39.5 Å². The zero-order chi connectivity index (χ0) is 18.8.